The predicted octanol–water partition coefficient (Wildman–Crippen LogP) is 2.28. The van der Waals surface area contributed by atoms with Gasteiger partial charge in [-0.25, -0.2) is 0 Å². The van der Waals surface area contributed by atoms with Crippen LogP contribution >= 0.6 is 0 Å². The minimum absolute atomic E-state index is 0.123. The third-order valence-electron chi connectivity index (χ3n) is 6.64. The molecule has 0 unspecified atom stereocenters. The van der Waals surface area contributed by atoms with Crippen LogP contribution in [0.2, 0.25) is 0 Å². The fourth-order valence-electron chi connectivity index (χ4n) is 4.79. The molecule has 2 aliphatic heterocycles. The standard InChI is InChI=1S/C25H33N3O3.CH2O2/c1-31-24-5-3-2-4-23(24)20-6-8-21(9-7-20)25(30)28-12-10-22(11-13-28)27-16-14-26(15-17-27)18-19-29;2-1-3/h2-9,22,29H,10-19H2,1H3;1H,(H,2,3). The largest absolute Gasteiger partial charge is 0.496 e. The number of benzene rings is 2. The number of methoxy groups -OCH3 is 1. The summed E-state index contributed by atoms with van der Waals surface area (Å²) < 4.78 is 5.46. The molecule has 0 radical (unpaired) electrons. The minimum atomic E-state index is -0.250. The number of amides is 1. The van der Waals surface area contributed by atoms with Crippen molar-refractivity contribution in [1.82, 2.24) is 14.7 Å². The van der Waals surface area contributed by atoms with E-state index in [4.69, 9.17) is 19.7 Å². The summed E-state index contributed by atoms with van der Waals surface area (Å²) in [6.07, 6.45) is 2.07. The second-order valence-corrected chi connectivity index (χ2v) is 8.51. The second kappa shape index (κ2) is 13.1. The number of nitrogens with zero attached hydrogens (tertiary/aromatic N) is 3. The summed E-state index contributed by atoms with van der Waals surface area (Å²) in [6.45, 7) is 6.56. The van der Waals surface area contributed by atoms with Gasteiger partial charge in [0.25, 0.3) is 12.4 Å². The van der Waals surface area contributed by atoms with E-state index in [0.717, 1.165) is 81.1 Å². The van der Waals surface area contributed by atoms with Crippen molar-refractivity contribution in [1.29, 1.82) is 0 Å². The lowest BCUT2D eigenvalue weighted by Gasteiger charge is -2.42. The molecular weight excluding hydrogens is 434 g/mol. The van der Waals surface area contributed by atoms with Crippen LogP contribution in [0.1, 0.15) is 23.2 Å². The van der Waals surface area contributed by atoms with Crippen molar-refractivity contribution < 1.29 is 24.5 Å². The van der Waals surface area contributed by atoms with Crippen LogP contribution in [-0.4, -0.2) is 103 Å². The molecule has 0 aromatic heterocycles. The van der Waals surface area contributed by atoms with Crippen molar-refractivity contribution in [3.05, 3.63) is 54.1 Å². The highest BCUT2D eigenvalue weighted by Gasteiger charge is 2.29. The van der Waals surface area contributed by atoms with Crippen LogP contribution < -0.4 is 4.74 Å². The van der Waals surface area contributed by atoms with E-state index in [0.29, 0.717) is 6.04 Å². The van der Waals surface area contributed by atoms with Gasteiger partial charge in [-0.15, -0.1) is 0 Å². The topological polar surface area (TPSA) is 93.5 Å². The van der Waals surface area contributed by atoms with Crippen LogP contribution in [0.3, 0.4) is 0 Å². The van der Waals surface area contributed by atoms with Gasteiger partial charge in [0.05, 0.1) is 13.7 Å². The Hall–Kier alpha value is -2.94. The zero-order chi connectivity index (χ0) is 24.3. The zero-order valence-corrected chi connectivity index (χ0v) is 19.8. The molecule has 0 spiro atoms. The molecule has 0 saturated carbocycles. The highest BCUT2D eigenvalue weighted by Crippen LogP contribution is 2.30. The maximum absolute atomic E-state index is 13.0. The normalized spacial score (nSPS) is 17.5. The van der Waals surface area contributed by atoms with Gasteiger partial charge in [0.2, 0.25) is 0 Å². The highest BCUT2D eigenvalue weighted by molar-refractivity contribution is 5.95. The molecule has 2 aliphatic rings. The number of ether oxygens (including phenoxy) is 1. The van der Waals surface area contributed by atoms with Gasteiger partial charge >= 0.3 is 0 Å². The Balaban J connectivity index is 0.00000103. The fourth-order valence-corrected chi connectivity index (χ4v) is 4.79. The number of likely N-dealkylation sites (tertiary alicyclic amines) is 1. The number of carbonyl (C=O) groups excluding carboxylic acids is 1. The smallest absolute Gasteiger partial charge is 0.290 e. The third-order valence-corrected chi connectivity index (χ3v) is 6.64. The summed E-state index contributed by atoms with van der Waals surface area (Å²) in [6, 6.07) is 16.4. The van der Waals surface area contributed by atoms with E-state index in [-0.39, 0.29) is 19.0 Å². The molecular formula is C26H35N3O5. The van der Waals surface area contributed by atoms with Crippen LogP contribution in [0.15, 0.2) is 48.5 Å². The Labute approximate surface area is 201 Å². The highest BCUT2D eigenvalue weighted by atomic mass is 16.5. The van der Waals surface area contributed by atoms with E-state index in [9.17, 15) is 4.79 Å². The zero-order valence-electron chi connectivity index (χ0n) is 19.8. The average molecular weight is 470 g/mol. The number of rotatable bonds is 6. The summed E-state index contributed by atoms with van der Waals surface area (Å²) >= 11 is 0. The fraction of sp³-hybridized carbons (Fsp3) is 0.462. The number of aliphatic hydroxyl groups is 1. The van der Waals surface area contributed by atoms with Gasteiger partial charge in [-0.1, -0.05) is 30.3 Å². The Morgan fingerprint density at radius 1 is 1.00 bits per heavy atom. The first-order valence-corrected chi connectivity index (χ1v) is 11.8. The minimum Gasteiger partial charge on any atom is -0.496 e. The molecule has 2 aromatic rings. The van der Waals surface area contributed by atoms with Gasteiger partial charge in [0.15, 0.2) is 0 Å². The van der Waals surface area contributed by atoms with Gasteiger partial charge in [0, 0.05) is 63.0 Å². The number of hydrogen-bond acceptors (Lipinski definition) is 6. The van der Waals surface area contributed by atoms with Gasteiger partial charge in [-0.05, 0) is 36.6 Å². The molecule has 8 heteroatoms. The number of carbonyl (C=O) groups is 2. The maximum Gasteiger partial charge on any atom is 0.290 e. The molecule has 8 nitrogen and oxygen atoms in total. The molecule has 2 saturated heterocycles. The summed E-state index contributed by atoms with van der Waals surface area (Å²) in [5, 5.41) is 16.0. The molecule has 34 heavy (non-hydrogen) atoms. The summed E-state index contributed by atoms with van der Waals surface area (Å²) in [7, 11) is 1.68. The second-order valence-electron chi connectivity index (χ2n) is 8.51. The van der Waals surface area contributed by atoms with E-state index in [2.05, 4.69) is 9.80 Å². The lowest BCUT2D eigenvalue weighted by molar-refractivity contribution is -0.122. The van der Waals surface area contributed by atoms with Crippen LogP contribution in [0, 0.1) is 0 Å². The SMILES string of the molecule is COc1ccccc1-c1ccc(C(=O)N2CCC(N3CCN(CCO)CC3)CC2)cc1.O=CO. The summed E-state index contributed by atoms with van der Waals surface area (Å²) in [5.74, 6) is 0.957. The monoisotopic (exact) mass is 469 g/mol. The molecule has 2 heterocycles. The predicted molar refractivity (Wildman–Crippen MR) is 131 cm³/mol. The van der Waals surface area contributed by atoms with Gasteiger partial charge in [-0.2, -0.15) is 0 Å². The van der Waals surface area contributed by atoms with Crippen LogP contribution in [-0.2, 0) is 4.79 Å². The number of carboxylic acid groups (broad SMARTS) is 1. The van der Waals surface area contributed by atoms with Gasteiger partial charge < -0.3 is 19.8 Å². The molecule has 2 N–H and O–H groups in total. The molecule has 2 fully saturated rings. The maximum atomic E-state index is 13.0. The van der Waals surface area contributed by atoms with Gasteiger partial charge in [-0.3, -0.25) is 19.4 Å². The average Bonchev–Trinajstić information content (AvgIpc) is 2.89. The van der Waals surface area contributed by atoms with Crippen LogP contribution in [0.4, 0.5) is 0 Å². The molecule has 0 atom stereocenters. The molecule has 0 aliphatic carbocycles. The van der Waals surface area contributed by atoms with E-state index >= 15 is 0 Å². The Kier molecular flexibility index (Phi) is 9.88. The summed E-state index contributed by atoms with van der Waals surface area (Å²) in [4.78, 5) is 28.3. The van der Waals surface area contributed by atoms with Crippen molar-refractivity contribution in [2.45, 2.75) is 18.9 Å². The molecule has 2 aromatic carbocycles. The number of hydrogen-bond donors (Lipinski definition) is 2. The lowest BCUT2D eigenvalue weighted by atomic mass is 10.00. The van der Waals surface area contributed by atoms with Crippen molar-refractivity contribution in [3.8, 4) is 16.9 Å². The molecule has 0 bridgehead atoms. The lowest BCUT2D eigenvalue weighted by Crippen LogP contribution is -2.54. The number of piperidine rings is 1. The quantitative estimate of drug-likeness (QED) is 0.627. The molecule has 4 rings (SSSR count). The Morgan fingerprint density at radius 2 is 1.62 bits per heavy atom. The first kappa shape index (κ1) is 25.7. The van der Waals surface area contributed by atoms with Crippen molar-refractivity contribution in [3.63, 3.8) is 0 Å². The summed E-state index contributed by atoms with van der Waals surface area (Å²) in [5.41, 5.74) is 2.83. The van der Waals surface area contributed by atoms with E-state index in [1.165, 1.54) is 0 Å². The first-order chi connectivity index (χ1) is 16.6. The van der Waals surface area contributed by atoms with Crippen LogP contribution in [0.25, 0.3) is 11.1 Å². The molecule has 1 amide bonds. The van der Waals surface area contributed by atoms with Crippen molar-refractivity contribution in [2.75, 3.05) is 59.5 Å². The Morgan fingerprint density at radius 3 is 2.21 bits per heavy atom. The van der Waals surface area contributed by atoms with E-state index < -0.39 is 0 Å². The first-order valence-electron chi connectivity index (χ1n) is 11.8. The third kappa shape index (κ3) is 6.56. The van der Waals surface area contributed by atoms with Crippen molar-refractivity contribution in [2.24, 2.45) is 0 Å². The molecule has 184 valence electrons. The van der Waals surface area contributed by atoms with E-state index in [1.54, 1.807) is 7.11 Å². The van der Waals surface area contributed by atoms with Crippen molar-refractivity contribution >= 4 is 12.4 Å². The number of β-amino-alcohol motifs (C(OH)–C–C–N with tert-alkyl or cyclic N) is 1. The van der Waals surface area contributed by atoms with Gasteiger partial charge in [0.1, 0.15) is 5.75 Å². The number of para-hydroxylation sites is 1. The number of aliphatic hydroxyl groups excluding tert-OH is 1. The van der Waals surface area contributed by atoms with Crippen LogP contribution in [0.5, 0.6) is 5.75 Å². The van der Waals surface area contributed by atoms with E-state index in [1.807, 2.05) is 53.4 Å². The number of piperazine rings is 1. The Bertz CT molecular complexity index is 905.